The zero-order valence-corrected chi connectivity index (χ0v) is 21.7. The summed E-state index contributed by atoms with van der Waals surface area (Å²) in [4.78, 5) is 44.4. The second-order valence-electron chi connectivity index (χ2n) is 8.30. The zero-order valence-electron chi connectivity index (χ0n) is 20.8. The van der Waals surface area contributed by atoms with Crippen molar-refractivity contribution in [3.8, 4) is 5.75 Å². The lowest BCUT2D eigenvalue weighted by atomic mass is 10.2. The number of benzene rings is 3. The molecule has 1 fully saturated rings. The number of anilines is 1. The Morgan fingerprint density at radius 1 is 1.11 bits per heavy atom. The molecule has 1 unspecified atom stereocenters. The van der Waals surface area contributed by atoms with E-state index in [1.165, 1.54) is 24.1 Å². The maximum absolute atomic E-state index is 13.4. The number of carbonyl (C=O) groups excluding carboxylic acids is 3. The summed E-state index contributed by atoms with van der Waals surface area (Å²) >= 11 is 1.16. The molecule has 0 bridgehead atoms. The fourth-order valence-electron chi connectivity index (χ4n) is 3.69. The first-order valence-corrected chi connectivity index (χ1v) is 12.8. The minimum absolute atomic E-state index is 0.0392. The number of amides is 2. The lowest BCUT2D eigenvalue weighted by Crippen LogP contribution is -2.44. The van der Waals surface area contributed by atoms with Gasteiger partial charge in [0.15, 0.2) is 5.17 Å². The van der Waals surface area contributed by atoms with Gasteiger partial charge in [-0.15, -0.1) is 0 Å². The van der Waals surface area contributed by atoms with Gasteiger partial charge in [-0.25, -0.2) is 14.2 Å². The van der Waals surface area contributed by atoms with Crippen molar-refractivity contribution in [2.75, 3.05) is 19.0 Å². The molecule has 1 atom stereocenters. The first-order chi connectivity index (χ1) is 18.4. The topological polar surface area (TPSA) is 97.3 Å². The SMILES string of the molecule is CCOC(=O)c1ccc(N=C2SC(C(=O)Nc3cccc(OC)c3)CC(=O)N2Cc2ccc(F)cc2)cc1. The van der Waals surface area contributed by atoms with E-state index in [4.69, 9.17) is 9.47 Å². The van der Waals surface area contributed by atoms with E-state index < -0.39 is 11.2 Å². The van der Waals surface area contributed by atoms with Gasteiger partial charge in [0, 0.05) is 18.2 Å². The molecule has 1 saturated heterocycles. The first kappa shape index (κ1) is 26.9. The van der Waals surface area contributed by atoms with Crippen LogP contribution >= 0.6 is 11.8 Å². The molecule has 4 rings (SSSR count). The van der Waals surface area contributed by atoms with E-state index in [0.717, 1.165) is 11.8 Å². The van der Waals surface area contributed by atoms with E-state index in [9.17, 15) is 18.8 Å². The lowest BCUT2D eigenvalue weighted by Gasteiger charge is -2.32. The number of esters is 1. The standard InChI is InChI=1S/C28H26FN3O5S/c1-3-37-27(35)19-9-13-21(14-10-19)31-28-32(17-18-7-11-20(29)12-8-18)25(33)16-24(38-28)26(34)30-22-5-4-6-23(15-22)36-2/h4-15,24H,3,16-17H2,1-2H3,(H,30,34). The smallest absolute Gasteiger partial charge is 0.338 e. The third kappa shape index (κ3) is 6.77. The molecule has 0 spiro atoms. The first-order valence-electron chi connectivity index (χ1n) is 11.9. The Labute approximate surface area is 223 Å². The summed E-state index contributed by atoms with van der Waals surface area (Å²) < 4.78 is 23.6. The molecule has 10 heteroatoms. The second-order valence-corrected chi connectivity index (χ2v) is 9.47. The van der Waals surface area contributed by atoms with Crippen LogP contribution in [0, 0.1) is 5.82 Å². The number of nitrogens with one attached hydrogen (secondary N) is 1. The summed E-state index contributed by atoms with van der Waals surface area (Å²) in [6.07, 6.45) is -0.0392. The molecule has 196 valence electrons. The maximum atomic E-state index is 13.4. The number of thioether (sulfide) groups is 1. The van der Waals surface area contributed by atoms with Gasteiger partial charge in [-0.05, 0) is 61.0 Å². The van der Waals surface area contributed by atoms with Crippen LogP contribution in [-0.2, 0) is 20.9 Å². The largest absolute Gasteiger partial charge is 0.497 e. The number of hydrogen-bond donors (Lipinski definition) is 1. The molecule has 1 aliphatic rings. The van der Waals surface area contributed by atoms with Crippen molar-refractivity contribution in [1.29, 1.82) is 0 Å². The van der Waals surface area contributed by atoms with E-state index >= 15 is 0 Å². The average molecular weight is 536 g/mol. The van der Waals surface area contributed by atoms with E-state index in [1.54, 1.807) is 67.6 Å². The second kappa shape index (κ2) is 12.4. The van der Waals surface area contributed by atoms with Crippen LogP contribution in [0.3, 0.4) is 0 Å². The number of amidine groups is 1. The van der Waals surface area contributed by atoms with Crippen LogP contribution in [-0.4, -0.2) is 46.8 Å². The Kier molecular flexibility index (Phi) is 8.75. The van der Waals surface area contributed by atoms with Crippen LogP contribution in [0.5, 0.6) is 5.75 Å². The van der Waals surface area contributed by atoms with Gasteiger partial charge in [0.25, 0.3) is 0 Å². The van der Waals surface area contributed by atoms with Crippen LogP contribution in [0.15, 0.2) is 77.8 Å². The summed E-state index contributed by atoms with van der Waals surface area (Å²) in [5, 5.41) is 2.43. The van der Waals surface area contributed by atoms with Crippen molar-refractivity contribution in [2.24, 2.45) is 4.99 Å². The molecule has 0 radical (unpaired) electrons. The number of ether oxygens (including phenoxy) is 2. The molecule has 2 amide bonds. The summed E-state index contributed by atoms with van der Waals surface area (Å²) in [7, 11) is 1.54. The maximum Gasteiger partial charge on any atom is 0.338 e. The number of rotatable bonds is 8. The fourth-order valence-corrected chi connectivity index (χ4v) is 4.79. The van der Waals surface area contributed by atoms with Gasteiger partial charge in [-0.3, -0.25) is 14.5 Å². The molecule has 3 aromatic carbocycles. The van der Waals surface area contributed by atoms with Gasteiger partial charge >= 0.3 is 5.97 Å². The van der Waals surface area contributed by atoms with Crippen LogP contribution in [0.1, 0.15) is 29.3 Å². The Hall–Kier alpha value is -4.18. The molecule has 0 aliphatic carbocycles. The molecule has 8 nitrogen and oxygen atoms in total. The zero-order chi connectivity index (χ0) is 27.1. The number of halogens is 1. The number of aliphatic imine (C=N–C) groups is 1. The van der Waals surface area contributed by atoms with Gasteiger partial charge in [0.1, 0.15) is 16.8 Å². The molecule has 3 aromatic rings. The molecule has 1 aliphatic heterocycles. The monoisotopic (exact) mass is 535 g/mol. The highest BCUT2D eigenvalue weighted by Crippen LogP contribution is 2.31. The Bertz CT molecular complexity index is 1350. The van der Waals surface area contributed by atoms with Crippen molar-refractivity contribution < 1.29 is 28.2 Å². The minimum atomic E-state index is -0.726. The third-order valence-electron chi connectivity index (χ3n) is 5.63. The normalized spacial score (nSPS) is 16.3. The highest BCUT2D eigenvalue weighted by Gasteiger charge is 2.36. The van der Waals surface area contributed by atoms with Gasteiger partial charge in [0.05, 0.1) is 31.5 Å². The molecular formula is C28H26FN3O5S. The predicted octanol–water partition coefficient (Wildman–Crippen LogP) is 5.17. The number of hydrogen-bond acceptors (Lipinski definition) is 7. The number of methoxy groups -OCH3 is 1. The minimum Gasteiger partial charge on any atom is -0.497 e. The van der Waals surface area contributed by atoms with Crippen molar-refractivity contribution in [1.82, 2.24) is 4.90 Å². The summed E-state index contributed by atoms with van der Waals surface area (Å²) in [6.45, 7) is 2.15. The number of carbonyl (C=O) groups is 3. The summed E-state index contributed by atoms with van der Waals surface area (Å²) in [5.74, 6) is -0.864. The highest BCUT2D eigenvalue weighted by atomic mass is 32.2. The van der Waals surface area contributed by atoms with Crippen LogP contribution in [0.2, 0.25) is 0 Å². The molecule has 0 aromatic heterocycles. The lowest BCUT2D eigenvalue weighted by molar-refractivity contribution is -0.129. The van der Waals surface area contributed by atoms with Gasteiger partial charge < -0.3 is 14.8 Å². The number of nitrogens with zero attached hydrogens (tertiary/aromatic N) is 2. The van der Waals surface area contributed by atoms with Gasteiger partial charge in [-0.2, -0.15) is 0 Å². The Balaban J connectivity index is 1.59. The highest BCUT2D eigenvalue weighted by molar-refractivity contribution is 8.15. The van der Waals surface area contributed by atoms with Crippen LogP contribution < -0.4 is 10.1 Å². The van der Waals surface area contributed by atoms with E-state index in [0.29, 0.717) is 33.4 Å². The Morgan fingerprint density at radius 2 is 1.84 bits per heavy atom. The quantitative estimate of drug-likeness (QED) is 0.400. The van der Waals surface area contributed by atoms with Crippen molar-refractivity contribution >= 4 is 46.1 Å². The molecule has 1 N–H and O–H groups in total. The average Bonchev–Trinajstić information content (AvgIpc) is 2.92. The van der Waals surface area contributed by atoms with Crippen LogP contribution in [0.4, 0.5) is 15.8 Å². The third-order valence-corrected chi connectivity index (χ3v) is 6.81. The molecule has 0 saturated carbocycles. The summed E-state index contributed by atoms with van der Waals surface area (Å²) in [5.41, 5.74) is 2.13. The fraction of sp³-hybridized carbons (Fsp3) is 0.214. The van der Waals surface area contributed by atoms with Gasteiger partial charge in [-0.1, -0.05) is 30.0 Å². The van der Waals surface area contributed by atoms with Crippen molar-refractivity contribution in [2.45, 2.75) is 25.1 Å². The summed E-state index contributed by atoms with van der Waals surface area (Å²) in [6, 6.07) is 19.2. The van der Waals surface area contributed by atoms with Crippen LogP contribution in [0.25, 0.3) is 0 Å². The Morgan fingerprint density at radius 3 is 2.53 bits per heavy atom. The van der Waals surface area contributed by atoms with Crippen molar-refractivity contribution in [3.63, 3.8) is 0 Å². The molecule has 1 heterocycles. The van der Waals surface area contributed by atoms with E-state index in [-0.39, 0.29) is 37.2 Å². The molecular weight excluding hydrogens is 509 g/mol. The van der Waals surface area contributed by atoms with Crippen molar-refractivity contribution in [3.05, 3.63) is 89.7 Å². The van der Waals surface area contributed by atoms with E-state index in [2.05, 4.69) is 10.3 Å². The molecule has 38 heavy (non-hydrogen) atoms. The van der Waals surface area contributed by atoms with Gasteiger partial charge in [0.2, 0.25) is 11.8 Å². The predicted molar refractivity (Wildman–Crippen MR) is 144 cm³/mol. The van der Waals surface area contributed by atoms with E-state index in [1.807, 2.05) is 0 Å².